The number of nitrogens with zero attached hydrogens (tertiary/aromatic N) is 4. The van der Waals surface area contributed by atoms with Gasteiger partial charge in [0.05, 0.1) is 11.3 Å². The van der Waals surface area contributed by atoms with Gasteiger partial charge in [-0.3, -0.25) is 25.4 Å². The summed E-state index contributed by atoms with van der Waals surface area (Å²) >= 11 is 0. The highest BCUT2D eigenvalue weighted by Gasteiger charge is 2.09. The van der Waals surface area contributed by atoms with Crippen molar-refractivity contribution in [1.29, 1.82) is 0 Å². The zero-order valence-corrected chi connectivity index (χ0v) is 11.9. The van der Waals surface area contributed by atoms with Crippen LogP contribution in [0.15, 0.2) is 61.4 Å². The third-order valence-electron chi connectivity index (χ3n) is 3.03. The van der Waals surface area contributed by atoms with Gasteiger partial charge in [0.25, 0.3) is 11.8 Å². The molecule has 0 aliphatic heterocycles. The smallest absolute Gasteiger partial charge is 0.267 e. The molecule has 2 N–H and O–H groups in total. The Morgan fingerprint density at radius 1 is 0.913 bits per heavy atom. The summed E-state index contributed by atoms with van der Waals surface area (Å²) in [5.74, 6) is -0.863. The van der Waals surface area contributed by atoms with Crippen LogP contribution in [-0.2, 0) is 0 Å². The molecule has 0 bridgehead atoms. The van der Waals surface area contributed by atoms with E-state index < -0.39 is 11.8 Å². The normalized spacial score (nSPS) is 10.1. The van der Waals surface area contributed by atoms with Gasteiger partial charge in [-0.2, -0.15) is 5.10 Å². The van der Waals surface area contributed by atoms with Crippen LogP contribution in [0.25, 0.3) is 5.69 Å². The predicted octanol–water partition coefficient (Wildman–Crippen LogP) is 0.737. The summed E-state index contributed by atoms with van der Waals surface area (Å²) in [6, 6.07) is 9.95. The van der Waals surface area contributed by atoms with Crippen molar-refractivity contribution in [2.45, 2.75) is 0 Å². The number of aromatic nitrogens is 4. The number of rotatable bonds is 3. The average Bonchev–Trinajstić information content (AvgIpc) is 3.15. The first-order valence-electron chi connectivity index (χ1n) is 6.70. The van der Waals surface area contributed by atoms with E-state index in [9.17, 15) is 9.59 Å². The summed E-state index contributed by atoms with van der Waals surface area (Å²) < 4.78 is 1.58. The Bertz CT molecular complexity index is 800. The van der Waals surface area contributed by atoms with Crippen molar-refractivity contribution in [1.82, 2.24) is 30.6 Å². The molecule has 0 atom stereocenters. The van der Waals surface area contributed by atoms with Gasteiger partial charge < -0.3 is 0 Å². The van der Waals surface area contributed by atoms with E-state index in [1.807, 2.05) is 0 Å². The van der Waals surface area contributed by atoms with Crippen LogP contribution >= 0.6 is 0 Å². The van der Waals surface area contributed by atoms with E-state index in [-0.39, 0.29) is 0 Å². The molecule has 2 aromatic heterocycles. The quantitative estimate of drug-likeness (QED) is 0.695. The molecule has 0 aliphatic rings. The lowest BCUT2D eigenvalue weighted by Gasteiger charge is -2.07. The first-order chi connectivity index (χ1) is 11.2. The van der Waals surface area contributed by atoms with E-state index >= 15 is 0 Å². The van der Waals surface area contributed by atoms with Crippen molar-refractivity contribution in [3.8, 4) is 5.69 Å². The Kier molecular flexibility index (Phi) is 4.05. The summed E-state index contributed by atoms with van der Waals surface area (Å²) in [5, 5.41) is 4.00. The molecule has 0 saturated heterocycles. The van der Waals surface area contributed by atoms with E-state index in [1.54, 1.807) is 53.6 Å². The minimum absolute atomic E-state index is 0.356. The van der Waals surface area contributed by atoms with E-state index in [1.165, 1.54) is 12.5 Å². The lowest BCUT2D eigenvalue weighted by Crippen LogP contribution is -2.41. The molecule has 2 amide bonds. The van der Waals surface area contributed by atoms with Crippen LogP contribution in [0.1, 0.15) is 20.7 Å². The lowest BCUT2D eigenvalue weighted by molar-refractivity contribution is 0.0846. The number of hydrogen-bond acceptors (Lipinski definition) is 5. The number of amides is 2. The highest BCUT2D eigenvalue weighted by molar-refractivity contribution is 5.98. The molecular weight excluding hydrogens is 296 g/mol. The Morgan fingerprint density at radius 2 is 1.65 bits per heavy atom. The molecular formula is C15H12N6O2. The predicted molar refractivity (Wildman–Crippen MR) is 80.5 cm³/mol. The molecule has 3 aromatic rings. The Balaban J connectivity index is 1.61. The van der Waals surface area contributed by atoms with Gasteiger partial charge in [0.2, 0.25) is 0 Å². The molecule has 3 rings (SSSR count). The Morgan fingerprint density at radius 3 is 2.26 bits per heavy atom. The molecule has 0 saturated carbocycles. The average molecular weight is 308 g/mol. The maximum absolute atomic E-state index is 12.0. The number of hydrazine groups is 1. The van der Waals surface area contributed by atoms with Gasteiger partial charge in [-0.05, 0) is 36.4 Å². The van der Waals surface area contributed by atoms with Gasteiger partial charge in [-0.1, -0.05) is 0 Å². The van der Waals surface area contributed by atoms with Crippen LogP contribution in [-0.4, -0.2) is 31.6 Å². The van der Waals surface area contributed by atoms with Gasteiger partial charge in [0.1, 0.15) is 12.7 Å². The highest BCUT2D eigenvalue weighted by Crippen LogP contribution is 2.07. The van der Waals surface area contributed by atoms with Gasteiger partial charge in [0.15, 0.2) is 0 Å². The minimum Gasteiger partial charge on any atom is -0.267 e. The first-order valence-corrected chi connectivity index (χ1v) is 6.70. The van der Waals surface area contributed by atoms with Crippen molar-refractivity contribution in [2.75, 3.05) is 0 Å². The molecule has 0 aliphatic carbocycles. The fourth-order valence-corrected chi connectivity index (χ4v) is 1.86. The standard InChI is InChI=1S/C15H12N6O2/c22-14(19-20-15(23)12-2-1-7-16-8-12)11-3-5-13(6-4-11)21-10-17-9-18-21/h1-10H,(H,19,22)(H,20,23). The van der Waals surface area contributed by atoms with E-state index in [2.05, 4.69) is 25.9 Å². The molecule has 23 heavy (non-hydrogen) atoms. The maximum atomic E-state index is 12.0. The molecule has 2 heterocycles. The lowest BCUT2D eigenvalue weighted by atomic mass is 10.2. The number of hydrogen-bond donors (Lipinski definition) is 2. The zero-order valence-electron chi connectivity index (χ0n) is 11.9. The highest BCUT2D eigenvalue weighted by atomic mass is 16.2. The number of pyridine rings is 1. The largest absolute Gasteiger partial charge is 0.271 e. The molecule has 0 spiro atoms. The Hall–Kier alpha value is -3.55. The number of carbonyl (C=O) groups excluding carboxylic acids is 2. The number of nitrogens with one attached hydrogen (secondary N) is 2. The summed E-state index contributed by atoms with van der Waals surface area (Å²) in [6.07, 6.45) is 5.96. The second-order valence-corrected chi connectivity index (χ2v) is 4.54. The summed E-state index contributed by atoms with van der Waals surface area (Å²) in [4.78, 5) is 31.5. The van der Waals surface area contributed by atoms with Gasteiger partial charge in [-0.15, -0.1) is 0 Å². The fourth-order valence-electron chi connectivity index (χ4n) is 1.86. The molecule has 114 valence electrons. The van der Waals surface area contributed by atoms with Crippen molar-refractivity contribution < 1.29 is 9.59 Å². The molecule has 0 radical (unpaired) electrons. The maximum Gasteiger partial charge on any atom is 0.271 e. The summed E-state index contributed by atoms with van der Waals surface area (Å²) in [5.41, 5.74) is 6.22. The molecule has 8 heteroatoms. The number of carbonyl (C=O) groups is 2. The van der Waals surface area contributed by atoms with Crippen LogP contribution in [0, 0.1) is 0 Å². The van der Waals surface area contributed by atoms with Crippen molar-refractivity contribution >= 4 is 11.8 Å². The van der Waals surface area contributed by atoms with Crippen LogP contribution < -0.4 is 10.9 Å². The number of benzene rings is 1. The van der Waals surface area contributed by atoms with E-state index in [4.69, 9.17) is 0 Å². The van der Waals surface area contributed by atoms with Crippen LogP contribution in [0.2, 0.25) is 0 Å². The third-order valence-corrected chi connectivity index (χ3v) is 3.03. The second kappa shape index (κ2) is 6.48. The van der Waals surface area contributed by atoms with Crippen LogP contribution in [0.4, 0.5) is 0 Å². The molecule has 0 fully saturated rings. The van der Waals surface area contributed by atoms with E-state index in [0.29, 0.717) is 11.1 Å². The third kappa shape index (κ3) is 3.38. The first kappa shape index (κ1) is 14.4. The van der Waals surface area contributed by atoms with Crippen LogP contribution in [0.3, 0.4) is 0 Å². The fraction of sp³-hybridized carbons (Fsp3) is 0. The molecule has 8 nitrogen and oxygen atoms in total. The summed E-state index contributed by atoms with van der Waals surface area (Å²) in [7, 11) is 0. The van der Waals surface area contributed by atoms with Crippen LogP contribution in [0.5, 0.6) is 0 Å². The van der Waals surface area contributed by atoms with Gasteiger partial charge >= 0.3 is 0 Å². The molecule has 1 aromatic carbocycles. The second-order valence-electron chi connectivity index (χ2n) is 4.54. The molecule has 0 unspecified atom stereocenters. The van der Waals surface area contributed by atoms with Crippen molar-refractivity contribution in [3.63, 3.8) is 0 Å². The van der Waals surface area contributed by atoms with E-state index in [0.717, 1.165) is 5.69 Å². The van der Waals surface area contributed by atoms with Gasteiger partial charge in [0, 0.05) is 18.0 Å². The monoisotopic (exact) mass is 308 g/mol. The Labute approximate surface area is 131 Å². The van der Waals surface area contributed by atoms with Crippen molar-refractivity contribution in [2.24, 2.45) is 0 Å². The minimum atomic E-state index is -0.439. The van der Waals surface area contributed by atoms with Gasteiger partial charge in [-0.25, -0.2) is 9.67 Å². The SMILES string of the molecule is O=C(NNC(=O)c1cccnc1)c1ccc(-n2cncn2)cc1. The summed E-state index contributed by atoms with van der Waals surface area (Å²) in [6.45, 7) is 0. The topological polar surface area (TPSA) is 102 Å². The van der Waals surface area contributed by atoms with Crippen molar-refractivity contribution in [3.05, 3.63) is 72.6 Å². The zero-order chi connectivity index (χ0) is 16.1.